The second kappa shape index (κ2) is 5.00. The Morgan fingerprint density at radius 2 is 1.17 bits per heavy atom. The summed E-state index contributed by atoms with van der Waals surface area (Å²) in [4.78, 5) is 5.75. The van der Waals surface area contributed by atoms with E-state index in [0.717, 1.165) is 11.1 Å². The van der Waals surface area contributed by atoms with E-state index in [9.17, 15) is 0 Å². The van der Waals surface area contributed by atoms with Crippen molar-refractivity contribution in [2.45, 2.75) is 38.8 Å². The van der Waals surface area contributed by atoms with Crippen LogP contribution in [0.15, 0.2) is 34.5 Å². The first-order chi connectivity index (χ1) is 8.35. The van der Waals surface area contributed by atoms with Crippen molar-refractivity contribution in [1.82, 2.24) is 0 Å². The van der Waals surface area contributed by atoms with Gasteiger partial charge in [0, 0.05) is 9.82 Å². The minimum Gasteiger partial charge on any atom is -0.0831 e. The summed E-state index contributed by atoms with van der Waals surface area (Å²) in [5, 5.41) is 7.61. The van der Waals surface area contributed by atoms with E-state index in [1.807, 2.05) is 52.0 Å². The van der Waals surface area contributed by atoms with E-state index in [1.54, 1.807) is 0 Å². The summed E-state index contributed by atoms with van der Waals surface area (Å²) in [5.41, 5.74) is 17.6. The van der Waals surface area contributed by atoms with Crippen molar-refractivity contribution in [3.05, 3.63) is 56.3 Å². The van der Waals surface area contributed by atoms with Crippen LogP contribution in [0.4, 0.5) is 0 Å². The molecular formula is C12H16N6. The summed E-state index contributed by atoms with van der Waals surface area (Å²) in [5.74, 6) is 0. The van der Waals surface area contributed by atoms with Gasteiger partial charge in [0.2, 0.25) is 0 Å². The van der Waals surface area contributed by atoms with Crippen LogP contribution in [0, 0.1) is 0 Å². The molecule has 0 fully saturated rings. The molecule has 0 aliphatic rings. The predicted molar refractivity (Wildman–Crippen MR) is 70.8 cm³/mol. The molecule has 1 aromatic rings. The van der Waals surface area contributed by atoms with Gasteiger partial charge in [-0.15, -0.1) is 0 Å². The summed E-state index contributed by atoms with van der Waals surface area (Å²) in [6.45, 7) is 7.32. The lowest BCUT2D eigenvalue weighted by Crippen LogP contribution is -2.22. The van der Waals surface area contributed by atoms with Crippen LogP contribution in [0.1, 0.15) is 38.8 Å². The normalized spacial score (nSPS) is 11.3. The zero-order valence-electron chi connectivity index (χ0n) is 11.0. The topological polar surface area (TPSA) is 97.5 Å². The first kappa shape index (κ1) is 13.9. The van der Waals surface area contributed by atoms with Gasteiger partial charge in [0.05, 0.1) is 11.1 Å². The number of azide groups is 2. The number of benzene rings is 1. The number of rotatable bonds is 4. The number of hydrogen-bond donors (Lipinski definition) is 0. The highest BCUT2D eigenvalue weighted by Gasteiger charge is 2.29. The summed E-state index contributed by atoms with van der Waals surface area (Å²) in [6.07, 6.45) is 0. The van der Waals surface area contributed by atoms with Crippen LogP contribution in [0.5, 0.6) is 0 Å². The minimum atomic E-state index is -0.687. The van der Waals surface area contributed by atoms with Gasteiger partial charge in [-0.2, -0.15) is 0 Å². The quantitative estimate of drug-likeness (QED) is 0.414. The standard InChI is InChI=1S/C12H16N6/c1-11(2,15-17-13)9-7-5-6-8-10(9)12(3,4)16-18-14/h5-8H,1-4H3. The second-order valence-electron chi connectivity index (χ2n) is 5.04. The van der Waals surface area contributed by atoms with Gasteiger partial charge in [-0.1, -0.05) is 62.2 Å². The van der Waals surface area contributed by atoms with Gasteiger partial charge in [0.25, 0.3) is 0 Å². The van der Waals surface area contributed by atoms with Crippen molar-refractivity contribution in [2.75, 3.05) is 0 Å². The Kier molecular flexibility index (Phi) is 3.86. The Bertz CT molecular complexity index is 484. The minimum absolute atomic E-state index is 0.687. The molecule has 1 aromatic carbocycles. The Hall–Kier alpha value is -2.16. The van der Waals surface area contributed by atoms with Crippen LogP contribution in [-0.2, 0) is 11.1 Å². The van der Waals surface area contributed by atoms with E-state index >= 15 is 0 Å². The lowest BCUT2D eigenvalue weighted by molar-refractivity contribution is 0.494. The second-order valence-corrected chi connectivity index (χ2v) is 5.04. The van der Waals surface area contributed by atoms with Crippen LogP contribution in [0.3, 0.4) is 0 Å². The van der Waals surface area contributed by atoms with E-state index in [0.29, 0.717) is 0 Å². The molecule has 0 N–H and O–H groups in total. The molecule has 0 saturated carbocycles. The molecule has 18 heavy (non-hydrogen) atoms. The molecule has 0 unspecified atom stereocenters. The fraction of sp³-hybridized carbons (Fsp3) is 0.500. The van der Waals surface area contributed by atoms with Gasteiger partial charge in [0.1, 0.15) is 0 Å². The van der Waals surface area contributed by atoms with Crippen LogP contribution in [-0.4, -0.2) is 0 Å². The highest BCUT2D eigenvalue weighted by molar-refractivity contribution is 5.37. The molecule has 0 atom stereocenters. The summed E-state index contributed by atoms with van der Waals surface area (Å²) in [6, 6.07) is 7.52. The van der Waals surface area contributed by atoms with E-state index in [2.05, 4.69) is 20.1 Å². The van der Waals surface area contributed by atoms with Gasteiger partial charge in [-0.3, -0.25) is 0 Å². The van der Waals surface area contributed by atoms with Gasteiger partial charge in [-0.05, 0) is 22.2 Å². The molecule has 1 rings (SSSR count). The van der Waals surface area contributed by atoms with Gasteiger partial charge in [0.15, 0.2) is 0 Å². The van der Waals surface area contributed by atoms with Crippen molar-refractivity contribution in [3.8, 4) is 0 Å². The van der Waals surface area contributed by atoms with Crippen LogP contribution in [0.25, 0.3) is 20.9 Å². The highest BCUT2D eigenvalue weighted by atomic mass is 15.2. The summed E-state index contributed by atoms with van der Waals surface area (Å²) >= 11 is 0. The average molecular weight is 244 g/mol. The molecule has 94 valence electrons. The van der Waals surface area contributed by atoms with Crippen molar-refractivity contribution >= 4 is 0 Å². The van der Waals surface area contributed by atoms with Crippen LogP contribution < -0.4 is 0 Å². The Balaban J connectivity index is 3.49. The number of hydrogen-bond acceptors (Lipinski definition) is 2. The predicted octanol–water partition coefficient (Wildman–Crippen LogP) is 4.78. The van der Waals surface area contributed by atoms with Crippen LogP contribution in [0.2, 0.25) is 0 Å². The molecule has 0 saturated heterocycles. The van der Waals surface area contributed by atoms with Crippen molar-refractivity contribution in [3.63, 3.8) is 0 Å². The van der Waals surface area contributed by atoms with Crippen molar-refractivity contribution in [1.29, 1.82) is 0 Å². The van der Waals surface area contributed by atoms with Crippen molar-refractivity contribution < 1.29 is 0 Å². The lowest BCUT2D eigenvalue weighted by Gasteiger charge is -2.28. The number of nitrogens with zero attached hydrogens (tertiary/aromatic N) is 6. The third-order valence-corrected chi connectivity index (χ3v) is 2.83. The Morgan fingerprint density at radius 1 is 0.833 bits per heavy atom. The van der Waals surface area contributed by atoms with E-state index in [1.165, 1.54) is 0 Å². The monoisotopic (exact) mass is 244 g/mol. The first-order valence-electron chi connectivity index (χ1n) is 5.57. The van der Waals surface area contributed by atoms with E-state index in [4.69, 9.17) is 11.1 Å². The molecule has 0 aliphatic heterocycles. The molecule has 0 aliphatic carbocycles. The zero-order chi connectivity index (χ0) is 13.8. The average Bonchev–Trinajstić information content (AvgIpc) is 2.29. The van der Waals surface area contributed by atoms with Gasteiger partial charge >= 0.3 is 0 Å². The lowest BCUT2D eigenvalue weighted by atomic mass is 9.83. The SMILES string of the molecule is CC(C)(N=[N+]=[N-])c1ccccc1C(C)(C)N=[N+]=[N-]. The molecule has 0 heterocycles. The molecule has 0 radical (unpaired) electrons. The maximum Gasteiger partial charge on any atom is 0.0684 e. The third kappa shape index (κ3) is 2.74. The fourth-order valence-corrected chi connectivity index (χ4v) is 1.88. The van der Waals surface area contributed by atoms with Gasteiger partial charge < -0.3 is 0 Å². The fourth-order valence-electron chi connectivity index (χ4n) is 1.88. The van der Waals surface area contributed by atoms with Gasteiger partial charge in [-0.25, -0.2) is 0 Å². The molecular weight excluding hydrogens is 228 g/mol. The maximum atomic E-state index is 8.64. The van der Waals surface area contributed by atoms with E-state index in [-0.39, 0.29) is 0 Å². The molecule has 0 bridgehead atoms. The van der Waals surface area contributed by atoms with Crippen molar-refractivity contribution in [2.24, 2.45) is 10.2 Å². The summed E-state index contributed by atoms with van der Waals surface area (Å²) < 4.78 is 0. The maximum absolute atomic E-state index is 8.64. The first-order valence-corrected chi connectivity index (χ1v) is 5.57. The Morgan fingerprint density at radius 3 is 1.44 bits per heavy atom. The van der Waals surface area contributed by atoms with Crippen LogP contribution >= 0.6 is 0 Å². The smallest absolute Gasteiger partial charge is 0.0684 e. The zero-order valence-corrected chi connectivity index (χ0v) is 11.0. The molecule has 0 amide bonds. The largest absolute Gasteiger partial charge is 0.0831 e. The van der Waals surface area contributed by atoms with E-state index < -0.39 is 11.1 Å². The third-order valence-electron chi connectivity index (χ3n) is 2.83. The summed E-state index contributed by atoms with van der Waals surface area (Å²) in [7, 11) is 0. The molecule has 0 spiro atoms. The highest BCUT2D eigenvalue weighted by Crippen LogP contribution is 2.35. The molecule has 0 aromatic heterocycles. The Labute approximate surface area is 106 Å². The molecule has 6 nitrogen and oxygen atoms in total. The molecule has 6 heteroatoms.